The zero-order valence-corrected chi connectivity index (χ0v) is 39.0. The van der Waals surface area contributed by atoms with Crippen LogP contribution in [0.2, 0.25) is 18.1 Å². The average molecular weight is 843 g/mol. The van der Waals surface area contributed by atoms with Gasteiger partial charge >= 0.3 is 41.4 Å². The SMILES string of the molecule is CCO[Si](CCCOCC1CO1)(OCC)OCC.CCO[Si](CCCO[Si](OC)(OC)OC)(OCC)OCC.CO[Si](CCCOC(C)=O)(OC)OC. The van der Waals surface area contributed by atoms with Crippen LogP contribution in [0.4, 0.5) is 0 Å². The number of hydrogen-bond donors (Lipinski definition) is 0. The van der Waals surface area contributed by atoms with Crippen molar-refractivity contribution in [3.05, 3.63) is 0 Å². The highest BCUT2D eigenvalue weighted by molar-refractivity contribution is 6.61. The normalized spacial score (nSPS) is 14.6. The molecule has 21 heteroatoms. The van der Waals surface area contributed by atoms with Crippen LogP contribution in [0.1, 0.15) is 67.7 Å². The number of rotatable bonds is 33. The molecule has 0 spiro atoms. The van der Waals surface area contributed by atoms with Crippen molar-refractivity contribution in [2.75, 3.05) is 115 Å². The summed E-state index contributed by atoms with van der Waals surface area (Å²) in [6, 6.07) is 2.14. The molecule has 1 unspecified atom stereocenters. The van der Waals surface area contributed by atoms with E-state index < -0.39 is 35.5 Å². The molecule has 1 atom stereocenters. The minimum atomic E-state index is -2.98. The van der Waals surface area contributed by atoms with Gasteiger partial charge in [0, 0.05) is 121 Å². The highest BCUT2D eigenvalue weighted by Crippen LogP contribution is 2.20. The molecule has 0 aromatic heterocycles. The molecule has 1 heterocycles. The maximum atomic E-state index is 10.5. The Morgan fingerprint density at radius 2 is 0.887 bits per heavy atom. The number of carbonyl (C=O) groups is 1. The van der Waals surface area contributed by atoms with Gasteiger partial charge in [-0.25, -0.2) is 0 Å². The number of carbonyl (C=O) groups excluding carboxylic acids is 1. The maximum Gasteiger partial charge on any atom is 0.678 e. The predicted octanol–water partition coefficient (Wildman–Crippen LogP) is 4.47. The lowest BCUT2D eigenvalue weighted by Gasteiger charge is -2.29. The lowest BCUT2D eigenvalue weighted by atomic mass is 10.5. The zero-order valence-electron chi connectivity index (χ0n) is 35.0. The molecular weight excluding hydrogens is 769 g/mol. The van der Waals surface area contributed by atoms with Crippen LogP contribution in [-0.4, -0.2) is 163 Å². The Morgan fingerprint density at radius 1 is 0.528 bits per heavy atom. The summed E-state index contributed by atoms with van der Waals surface area (Å²) in [6.07, 6.45) is 2.63. The quantitative estimate of drug-likeness (QED) is 0.0392. The van der Waals surface area contributed by atoms with Gasteiger partial charge in [-0.15, -0.1) is 0 Å². The van der Waals surface area contributed by atoms with E-state index in [1.165, 1.54) is 28.3 Å². The largest absolute Gasteiger partial charge is 0.678 e. The van der Waals surface area contributed by atoms with E-state index in [0.29, 0.717) is 90.7 Å². The Labute approximate surface area is 324 Å². The van der Waals surface area contributed by atoms with Crippen molar-refractivity contribution >= 4 is 41.4 Å². The zero-order chi connectivity index (χ0) is 40.5. The van der Waals surface area contributed by atoms with Crippen LogP contribution in [-0.2, 0) is 76.5 Å². The summed E-state index contributed by atoms with van der Waals surface area (Å²) in [5, 5.41) is 0. The molecule has 320 valence electrons. The second-order valence-electron chi connectivity index (χ2n) is 10.9. The van der Waals surface area contributed by atoms with Gasteiger partial charge in [0.05, 0.1) is 19.8 Å². The van der Waals surface area contributed by atoms with Crippen molar-refractivity contribution in [3.8, 4) is 0 Å². The summed E-state index contributed by atoms with van der Waals surface area (Å²) in [6.45, 7) is 19.8. The molecule has 1 aliphatic rings. The van der Waals surface area contributed by atoms with Gasteiger partial charge in [0.25, 0.3) is 0 Å². The van der Waals surface area contributed by atoms with Gasteiger partial charge < -0.3 is 71.7 Å². The molecule has 0 bridgehead atoms. The molecule has 0 aromatic carbocycles. The maximum absolute atomic E-state index is 10.5. The van der Waals surface area contributed by atoms with E-state index in [-0.39, 0.29) is 5.97 Å². The topological polar surface area (TPSA) is 168 Å². The first-order valence-electron chi connectivity index (χ1n) is 18.5. The molecular formula is C32H74O17Si4. The van der Waals surface area contributed by atoms with Gasteiger partial charge in [-0.3, -0.25) is 4.79 Å². The second-order valence-corrected chi connectivity index (χ2v) is 22.0. The summed E-state index contributed by atoms with van der Waals surface area (Å²) in [7, 11) is -1.31. The fourth-order valence-electron chi connectivity index (χ4n) is 4.75. The van der Waals surface area contributed by atoms with Gasteiger partial charge in [0.15, 0.2) is 0 Å². The lowest BCUT2D eigenvalue weighted by Crippen LogP contribution is -2.48. The molecule has 53 heavy (non-hydrogen) atoms. The van der Waals surface area contributed by atoms with Crippen molar-refractivity contribution in [2.45, 2.75) is 92.0 Å². The van der Waals surface area contributed by atoms with Crippen molar-refractivity contribution in [1.29, 1.82) is 0 Å². The van der Waals surface area contributed by atoms with Crippen molar-refractivity contribution in [2.24, 2.45) is 0 Å². The molecule has 1 aliphatic heterocycles. The first kappa shape index (κ1) is 54.8. The molecule has 1 saturated heterocycles. The molecule has 0 aliphatic carbocycles. The van der Waals surface area contributed by atoms with Crippen LogP contribution in [0, 0.1) is 0 Å². The van der Waals surface area contributed by atoms with Crippen molar-refractivity contribution in [1.82, 2.24) is 0 Å². The van der Waals surface area contributed by atoms with E-state index in [1.54, 1.807) is 21.3 Å². The van der Waals surface area contributed by atoms with E-state index >= 15 is 0 Å². The monoisotopic (exact) mass is 842 g/mol. The Kier molecular flexibility index (Phi) is 35.0. The number of epoxide rings is 1. The van der Waals surface area contributed by atoms with Gasteiger partial charge in [-0.1, -0.05) is 0 Å². The Morgan fingerprint density at radius 3 is 1.21 bits per heavy atom. The number of hydrogen-bond acceptors (Lipinski definition) is 17. The Hall–Kier alpha value is -0.262. The minimum absolute atomic E-state index is 0.274. The second kappa shape index (κ2) is 33.8. The van der Waals surface area contributed by atoms with E-state index in [9.17, 15) is 4.79 Å². The summed E-state index contributed by atoms with van der Waals surface area (Å²) in [5.41, 5.74) is 0. The van der Waals surface area contributed by atoms with Crippen LogP contribution in [0.25, 0.3) is 0 Å². The molecule has 0 amide bonds. The third kappa shape index (κ3) is 25.6. The summed E-state index contributed by atoms with van der Waals surface area (Å²) >= 11 is 0. The molecule has 0 aromatic rings. The van der Waals surface area contributed by atoms with E-state index in [2.05, 4.69) is 0 Å². The van der Waals surface area contributed by atoms with E-state index in [1.807, 2.05) is 41.5 Å². The van der Waals surface area contributed by atoms with Gasteiger partial charge in [-0.2, -0.15) is 0 Å². The van der Waals surface area contributed by atoms with Crippen LogP contribution < -0.4 is 0 Å². The summed E-state index contributed by atoms with van der Waals surface area (Å²) in [5.74, 6) is -0.274. The van der Waals surface area contributed by atoms with Crippen LogP contribution in [0.3, 0.4) is 0 Å². The molecule has 1 rings (SSSR count). The first-order chi connectivity index (χ1) is 25.4. The highest BCUT2D eigenvalue weighted by atomic mass is 28.4. The smallest absolute Gasteiger partial charge is 0.466 e. The number of esters is 1. The fourth-order valence-corrected chi connectivity index (χ4v) is 12.8. The third-order valence-electron chi connectivity index (χ3n) is 7.19. The van der Waals surface area contributed by atoms with Crippen molar-refractivity contribution in [3.63, 3.8) is 0 Å². The summed E-state index contributed by atoms with van der Waals surface area (Å²) < 4.78 is 86.8. The van der Waals surface area contributed by atoms with Crippen LogP contribution in [0.15, 0.2) is 0 Å². The minimum Gasteiger partial charge on any atom is -0.466 e. The lowest BCUT2D eigenvalue weighted by molar-refractivity contribution is -0.141. The average Bonchev–Trinajstić information content (AvgIpc) is 3.98. The first-order valence-corrected chi connectivity index (χ1v) is 26.0. The van der Waals surface area contributed by atoms with Gasteiger partial charge in [0.1, 0.15) is 6.10 Å². The third-order valence-corrected chi connectivity index (χ3v) is 18.4. The molecule has 0 radical (unpaired) electrons. The van der Waals surface area contributed by atoms with Crippen molar-refractivity contribution < 1.29 is 76.5 Å². The molecule has 1 fully saturated rings. The molecule has 0 N–H and O–H groups in total. The van der Waals surface area contributed by atoms with Gasteiger partial charge in [-0.05, 0) is 60.8 Å². The van der Waals surface area contributed by atoms with Gasteiger partial charge in [0.2, 0.25) is 0 Å². The Bertz CT molecular complexity index is 789. The number of ether oxygens (including phenoxy) is 3. The highest BCUT2D eigenvalue weighted by Gasteiger charge is 2.44. The standard InChI is InChI=1S/C12H30O7Si2.C12H26O5Si.C8H18O5Si/c1-7-16-20(17-8-2,18-9-3)12-10-11-19-21(13-4,14-5)15-6;1-4-15-18(16-5-2,17-6-3)9-7-8-13-10-12-11-14-12;1-8(9)13-6-5-7-14(10-2,11-3)12-4/h7-12H2,1-6H3;12H,4-11H2,1-3H3;5-7H2,1-4H3. The molecule has 17 nitrogen and oxygen atoms in total. The predicted molar refractivity (Wildman–Crippen MR) is 206 cm³/mol. The van der Waals surface area contributed by atoms with E-state index in [0.717, 1.165) is 25.5 Å². The molecule has 0 saturated carbocycles. The Balaban J connectivity index is 0. The van der Waals surface area contributed by atoms with Crippen LogP contribution in [0.5, 0.6) is 0 Å². The fraction of sp³-hybridized carbons (Fsp3) is 0.969. The van der Waals surface area contributed by atoms with Crippen LogP contribution >= 0.6 is 0 Å². The summed E-state index contributed by atoms with van der Waals surface area (Å²) in [4.78, 5) is 10.5. The van der Waals surface area contributed by atoms with E-state index in [4.69, 9.17) is 71.7 Å².